The number of nitrogens with zero attached hydrogens (tertiary/aromatic N) is 1. The highest BCUT2D eigenvalue weighted by atomic mass is 15.1. The summed E-state index contributed by atoms with van der Waals surface area (Å²) in [4.78, 5) is 2.58. The first kappa shape index (κ1) is 16.5. The Morgan fingerprint density at radius 1 is 1.16 bits per heavy atom. The molecule has 1 aliphatic heterocycles. The van der Waals surface area contributed by atoms with E-state index in [2.05, 4.69) is 39.5 Å². The molecule has 19 heavy (non-hydrogen) atoms. The van der Waals surface area contributed by atoms with Gasteiger partial charge < -0.3 is 10.6 Å². The van der Waals surface area contributed by atoms with Crippen LogP contribution >= 0.6 is 0 Å². The molecular weight excluding hydrogens is 234 g/mol. The zero-order valence-electron chi connectivity index (χ0n) is 13.6. The Kier molecular flexibility index (Phi) is 5.43. The van der Waals surface area contributed by atoms with E-state index in [4.69, 9.17) is 11.1 Å². The van der Waals surface area contributed by atoms with Gasteiger partial charge in [0.05, 0.1) is 5.84 Å². The van der Waals surface area contributed by atoms with Gasteiger partial charge in [-0.2, -0.15) is 0 Å². The average Bonchev–Trinajstić information content (AvgIpc) is 2.28. The van der Waals surface area contributed by atoms with Crippen molar-refractivity contribution in [3.8, 4) is 0 Å². The highest BCUT2D eigenvalue weighted by molar-refractivity contribution is 5.82. The number of amidine groups is 1. The molecule has 0 aromatic carbocycles. The van der Waals surface area contributed by atoms with Gasteiger partial charge in [0.1, 0.15) is 0 Å². The zero-order chi connectivity index (χ0) is 14.7. The predicted octanol–water partition coefficient (Wildman–Crippen LogP) is 3.49. The van der Waals surface area contributed by atoms with Crippen LogP contribution in [0.1, 0.15) is 60.3 Å². The maximum Gasteiger partial charge on any atom is 0.0963 e. The van der Waals surface area contributed by atoms with Gasteiger partial charge in [-0.3, -0.25) is 5.41 Å². The molecule has 1 saturated heterocycles. The van der Waals surface area contributed by atoms with E-state index < -0.39 is 0 Å². The van der Waals surface area contributed by atoms with Crippen LogP contribution in [0.2, 0.25) is 0 Å². The van der Waals surface area contributed by atoms with Gasteiger partial charge in [0.2, 0.25) is 0 Å². The summed E-state index contributed by atoms with van der Waals surface area (Å²) in [7, 11) is 0. The van der Waals surface area contributed by atoms with E-state index in [9.17, 15) is 0 Å². The van der Waals surface area contributed by atoms with Crippen LogP contribution in [0.3, 0.4) is 0 Å². The second-order valence-electron chi connectivity index (χ2n) is 7.88. The van der Waals surface area contributed by atoms with Gasteiger partial charge in [0, 0.05) is 5.41 Å². The number of rotatable bonds is 5. The van der Waals surface area contributed by atoms with Gasteiger partial charge in [-0.05, 0) is 56.7 Å². The normalized spacial score (nSPS) is 19.6. The molecule has 3 heteroatoms. The minimum absolute atomic E-state index is 0.135. The number of piperidine rings is 1. The minimum atomic E-state index is -0.135. The third kappa shape index (κ3) is 5.13. The van der Waals surface area contributed by atoms with E-state index in [0.29, 0.717) is 11.3 Å². The molecule has 0 atom stereocenters. The topological polar surface area (TPSA) is 53.1 Å². The van der Waals surface area contributed by atoms with Gasteiger partial charge >= 0.3 is 0 Å². The predicted molar refractivity (Wildman–Crippen MR) is 83.5 cm³/mol. The maximum absolute atomic E-state index is 7.58. The molecule has 0 aliphatic carbocycles. The van der Waals surface area contributed by atoms with Crippen molar-refractivity contribution >= 4 is 5.84 Å². The van der Waals surface area contributed by atoms with Crippen molar-refractivity contribution in [1.82, 2.24) is 4.90 Å². The molecular formula is C16H33N3. The maximum atomic E-state index is 7.58. The molecule has 1 heterocycles. The number of hydrogen-bond acceptors (Lipinski definition) is 2. The van der Waals surface area contributed by atoms with Crippen LogP contribution in [0.15, 0.2) is 0 Å². The highest BCUT2D eigenvalue weighted by Crippen LogP contribution is 2.34. The van der Waals surface area contributed by atoms with Gasteiger partial charge in [-0.15, -0.1) is 0 Å². The molecule has 0 radical (unpaired) electrons. The van der Waals surface area contributed by atoms with E-state index in [0.717, 1.165) is 25.3 Å². The van der Waals surface area contributed by atoms with Crippen LogP contribution < -0.4 is 5.73 Å². The third-order valence-corrected chi connectivity index (χ3v) is 4.82. The molecule has 0 saturated carbocycles. The summed E-state index contributed by atoms with van der Waals surface area (Å²) in [5.74, 6) is 1.19. The first-order valence-electron chi connectivity index (χ1n) is 7.70. The Hall–Kier alpha value is -0.570. The van der Waals surface area contributed by atoms with E-state index in [-0.39, 0.29) is 5.41 Å². The monoisotopic (exact) mass is 267 g/mol. The fourth-order valence-corrected chi connectivity index (χ4v) is 2.90. The lowest BCUT2D eigenvalue weighted by molar-refractivity contribution is 0.110. The van der Waals surface area contributed by atoms with Crippen molar-refractivity contribution in [3.63, 3.8) is 0 Å². The average molecular weight is 267 g/mol. The molecule has 112 valence electrons. The Morgan fingerprint density at radius 2 is 1.68 bits per heavy atom. The Labute approximate surface area is 119 Å². The summed E-state index contributed by atoms with van der Waals surface area (Å²) in [6.07, 6.45) is 4.83. The fraction of sp³-hybridized carbons (Fsp3) is 0.938. The molecule has 0 unspecified atom stereocenters. The van der Waals surface area contributed by atoms with Crippen molar-refractivity contribution in [2.45, 2.75) is 60.3 Å². The molecule has 0 aromatic heterocycles. The Morgan fingerprint density at radius 3 is 2.11 bits per heavy atom. The summed E-state index contributed by atoms with van der Waals surface area (Å²) in [6, 6.07) is 0. The summed E-state index contributed by atoms with van der Waals surface area (Å²) >= 11 is 0. The Bertz CT molecular complexity index is 294. The molecule has 3 N–H and O–H groups in total. The van der Waals surface area contributed by atoms with Gasteiger partial charge in [-0.25, -0.2) is 0 Å². The van der Waals surface area contributed by atoms with Gasteiger partial charge in [0.15, 0.2) is 0 Å². The number of hydrogen-bond donors (Lipinski definition) is 2. The number of nitrogens with two attached hydrogens (primary N) is 1. The van der Waals surface area contributed by atoms with Crippen LogP contribution in [-0.4, -0.2) is 30.4 Å². The highest BCUT2D eigenvalue weighted by Gasteiger charge is 2.29. The van der Waals surface area contributed by atoms with E-state index in [1.807, 2.05) is 0 Å². The lowest BCUT2D eigenvalue weighted by Gasteiger charge is -2.39. The van der Waals surface area contributed by atoms with Crippen molar-refractivity contribution < 1.29 is 0 Å². The van der Waals surface area contributed by atoms with Crippen molar-refractivity contribution in [3.05, 3.63) is 0 Å². The van der Waals surface area contributed by atoms with Crippen LogP contribution in [0, 0.1) is 22.2 Å². The minimum Gasteiger partial charge on any atom is -0.387 e. The first-order chi connectivity index (χ1) is 8.63. The van der Waals surface area contributed by atoms with Crippen LogP contribution in [-0.2, 0) is 0 Å². The molecule has 1 fully saturated rings. The molecule has 0 spiro atoms. The SMILES string of the molecule is CC(C)(CCCN1CCC(C(C)(C)C)CC1)C(=N)N. The lowest BCUT2D eigenvalue weighted by atomic mass is 9.75. The van der Waals surface area contributed by atoms with Crippen molar-refractivity contribution in [1.29, 1.82) is 5.41 Å². The molecule has 0 bridgehead atoms. The second kappa shape index (κ2) is 6.25. The summed E-state index contributed by atoms with van der Waals surface area (Å²) in [5, 5.41) is 7.58. The Balaban J connectivity index is 2.26. The summed E-state index contributed by atoms with van der Waals surface area (Å²) in [5.41, 5.74) is 5.95. The molecule has 1 aliphatic rings. The van der Waals surface area contributed by atoms with Crippen LogP contribution in [0.25, 0.3) is 0 Å². The smallest absolute Gasteiger partial charge is 0.0963 e. The summed E-state index contributed by atoms with van der Waals surface area (Å²) in [6.45, 7) is 14.9. The number of likely N-dealkylation sites (tertiary alicyclic amines) is 1. The van der Waals surface area contributed by atoms with Gasteiger partial charge in [0.25, 0.3) is 0 Å². The van der Waals surface area contributed by atoms with E-state index in [1.54, 1.807) is 0 Å². The lowest BCUT2D eigenvalue weighted by Crippen LogP contribution is -2.39. The molecule has 3 nitrogen and oxygen atoms in total. The standard InChI is InChI=1S/C16H33N3/c1-15(2,3)13-7-11-19(12-8-13)10-6-9-16(4,5)14(17)18/h13H,6-12H2,1-5H3,(H3,17,18). The van der Waals surface area contributed by atoms with E-state index in [1.165, 1.54) is 25.9 Å². The quantitative estimate of drug-likeness (QED) is 0.592. The van der Waals surface area contributed by atoms with Crippen molar-refractivity contribution in [2.75, 3.05) is 19.6 Å². The zero-order valence-corrected chi connectivity index (χ0v) is 13.6. The van der Waals surface area contributed by atoms with Crippen LogP contribution in [0.4, 0.5) is 0 Å². The first-order valence-corrected chi connectivity index (χ1v) is 7.70. The summed E-state index contributed by atoms with van der Waals surface area (Å²) < 4.78 is 0. The van der Waals surface area contributed by atoms with Crippen molar-refractivity contribution in [2.24, 2.45) is 22.5 Å². The van der Waals surface area contributed by atoms with E-state index >= 15 is 0 Å². The molecule has 0 amide bonds. The second-order valence-corrected chi connectivity index (χ2v) is 7.88. The third-order valence-electron chi connectivity index (χ3n) is 4.82. The van der Waals surface area contributed by atoms with Gasteiger partial charge in [-0.1, -0.05) is 34.6 Å². The number of nitrogens with one attached hydrogen (secondary N) is 1. The van der Waals surface area contributed by atoms with Crippen LogP contribution in [0.5, 0.6) is 0 Å². The molecule has 1 rings (SSSR count). The largest absolute Gasteiger partial charge is 0.387 e. The fourth-order valence-electron chi connectivity index (χ4n) is 2.90. The molecule has 0 aromatic rings.